The van der Waals surface area contributed by atoms with Crippen molar-refractivity contribution < 1.29 is 0 Å². The second-order valence-corrected chi connectivity index (χ2v) is 16.4. The van der Waals surface area contributed by atoms with Crippen LogP contribution in [0.3, 0.4) is 0 Å². The summed E-state index contributed by atoms with van der Waals surface area (Å²) in [5, 5.41) is 4.94. The molecule has 2 nitrogen and oxygen atoms in total. The number of nitrogens with zero attached hydrogens (tertiary/aromatic N) is 2. The number of aromatic nitrogens is 2. The van der Waals surface area contributed by atoms with Gasteiger partial charge in [-0.2, -0.15) is 0 Å². The summed E-state index contributed by atoms with van der Waals surface area (Å²) >= 11 is 1.88. The zero-order chi connectivity index (χ0) is 38.2. The summed E-state index contributed by atoms with van der Waals surface area (Å²) in [4.78, 5) is 13.0. The third-order valence-corrected chi connectivity index (χ3v) is 13.3. The Balaban J connectivity index is 0.950. The van der Waals surface area contributed by atoms with Gasteiger partial charge in [0.1, 0.15) is 0 Å². The van der Waals surface area contributed by atoms with E-state index in [4.69, 9.17) is 9.97 Å². The molecule has 10 aromatic rings. The van der Waals surface area contributed by atoms with Gasteiger partial charge in [-0.1, -0.05) is 194 Å². The van der Waals surface area contributed by atoms with E-state index in [0.717, 1.165) is 33.6 Å². The van der Waals surface area contributed by atoms with E-state index in [-0.39, 0.29) is 5.41 Å². The molecule has 0 atom stereocenters. The molecule has 9 aromatic carbocycles. The molecule has 0 amide bonds. The molecule has 270 valence electrons. The number of benzene rings is 9. The third kappa shape index (κ3) is 5.00. The van der Waals surface area contributed by atoms with E-state index < -0.39 is 0 Å². The summed E-state index contributed by atoms with van der Waals surface area (Å²) in [6.45, 7) is 0. The molecular weight excluding hydrogens is 721 g/mol. The van der Waals surface area contributed by atoms with Crippen LogP contribution in [0.2, 0.25) is 0 Å². The van der Waals surface area contributed by atoms with Gasteiger partial charge in [-0.3, -0.25) is 0 Å². The lowest BCUT2D eigenvalue weighted by atomic mass is 9.67. The topological polar surface area (TPSA) is 25.8 Å². The van der Waals surface area contributed by atoms with E-state index in [1.54, 1.807) is 0 Å². The fourth-order valence-electron chi connectivity index (χ4n) is 9.51. The molecular formula is C55H34N2S. The van der Waals surface area contributed by atoms with Crippen molar-refractivity contribution in [3.63, 3.8) is 0 Å². The summed E-state index contributed by atoms with van der Waals surface area (Å²) in [6.07, 6.45) is 0. The van der Waals surface area contributed by atoms with Crippen molar-refractivity contribution in [2.45, 2.75) is 15.2 Å². The molecule has 3 heteroatoms. The first-order valence-corrected chi connectivity index (χ1v) is 20.6. The summed E-state index contributed by atoms with van der Waals surface area (Å²) < 4.78 is 0. The normalized spacial score (nSPS) is 13.2. The Morgan fingerprint density at radius 1 is 0.328 bits per heavy atom. The zero-order valence-corrected chi connectivity index (χ0v) is 32.2. The van der Waals surface area contributed by atoms with E-state index in [1.165, 1.54) is 70.3 Å². The molecule has 0 unspecified atom stereocenters. The summed E-state index contributed by atoms with van der Waals surface area (Å²) in [6, 6.07) is 75.0. The van der Waals surface area contributed by atoms with Gasteiger partial charge in [0.05, 0.1) is 16.8 Å². The van der Waals surface area contributed by atoms with Gasteiger partial charge in [0.25, 0.3) is 0 Å². The predicted octanol–water partition coefficient (Wildman–Crippen LogP) is 14.3. The Kier molecular flexibility index (Phi) is 7.41. The van der Waals surface area contributed by atoms with Crippen LogP contribution in [-0.2, 0) is 5.41 Å². The van der Waals surface area contributed by atoms with E-state index in [2.05, 4.69) is 200 Å². The number of rotatable bonds is 4. The van der Waals surface area contributed by atoms with Crippen LogP contribution in [0.25, 0.3) is 77.7 Å². The molecule has 1 spiro atoms. The summed E-state index contributed by atoms with van der Waals surface area (Å²) in [7, 11) is 0. The maximum atomic E-state index is 5.21. The summed E-state index contributed by atoms with van der Waals surface area (Å²) in [5.74, 6) is 0.708. The minimum absolute atomic E-state index is 0.371. The van der Waals surface area contributed by atoms with E-state index in [0.29, 0.717) is 5.82 Å². The number of hydrogen-bond acceptors (Lipinski definition) is 3. The maximum Gasteiger partial charge on any atom is 0.160 e. The van der Waals surface area contributed by atoms with Crippen molar-refractivity contribution in [1.82, 2.24) is 9.97 Å². The van der Waals surface area contributed by atoms with Gasteiger partial charge in [0.15, 0.2) is 5.82 Å². The molecule has 0 radical (unpaired) electrons. The molecule has 12 rings (SSSR count). The van der Waals surface area contributed by atoms with Gasteiger partial charge in [0.2, 0.25) is 0 Å². The van der Waals surface area contributed by atoms with Crippen LogP contribution >= 0.6 is 11.8 Å². The van der Waals surface area contributed by atoms with Crippen molar-refractivity contribution >= 4 is 33.3 Å². The first-order chi connectivity index (χ1) is 28.7. The van der Waals surface area contributed by atoms with Gasteiger partial charge in [0, 0.05) is 26.5 Å². The van der Waals surface area contributed by atoms with Crippen molar-refractivity contribution in [2.75, 3.05) is 0 Å². The van der Waals surface area contributed by atoms with Gasteiger partial charge in [-0.05, 0) is 90.3 Å². The standard InChI is InChI=1S/C55H34N2S/c1-2-13-37(14-3-1)50-34-51(41-28-30-43-40(32-41)27-24-36-12-4-5-15-42(36)43)57-54(56-50)38-25-22-35(23-26-38)39-29-31-49-53(33-39)58-52-21-11-10-20-48(52)55(49)46-18-8-6-16-44(46)45-17-7-9-19-47(45)55/h1-34H. The third-order valence-electron chi connectivity index (χ3n) is 12.2. The van der Waals surface area contributed by atoms with Crippen molar-refractivity contribution in [1.29, 1.82) is 0 Å². The highest BCUT2D eigenvalue weighted by Crippen LogP contribution is 2.62. The SMILES string of the molecule is c1ccc(-c2cc(-c3ccc4c(ccc5ccccc54)c3)nc(-c3ccc(-c4ccc5c(c4)Sc4ccccc4C54c5ccccc5-c5ccccc54)cc3)n2)cc1. The van der Waals surface area contributed by atoms with Crippen LogP contribution in [0.15, 0.2) is 216 Å². The van der Waals surface area contributed by atoms with Crippen LogP contribution in [-0.4, -0.2) is 9.97 Å². The van der Waals surface area contributed by atoms with Gasteiger partial charge in [-0.15, -0.1) is 0 Å². The maximum absolute atomic E-state index is 5.21. The summed E-state index contributed by atoms with van der Waals surface area (Å²) in [5.41, 5.74) is 15.0. The Hall–Kier alpha value is -7.07. The van der Waals surface area contributed by atoms with Crippen LogP contribution in [0.5, 0.6) is 0 Å². The highest BCUT2D eigenvalue weighted by atomic mass is 32.2. The quantitative estimate of drug-likeness (QED) is 0.167. The smallest absolute Gasteiger partial charge is 0.160 e. The Labute approximate surface area is 341 Å². The highest BCUT2D eigenvalue weighted by Gasteiger charge is 2.50. The second kappa shape index (κ2) is 13.0. The van der Waals surface area contributed by atoms with Crippen molar-refractivity contribution in [3.05, 3.63) is 229 Å². The largest absolute Gasteiger partial charge is 0.228 e. The first-order valence-electron chi connectivity index (χ1n) is 19.8. The highest BCUT2D eigenvalue weighted by molar-refractivity contribution is 7.99. The number of hydrogen-bond donors (Lipinski definition) is 0. The van der Waals surface area contributed by atoms with Crippen molar-refractivity contribution in [2.24, 2.45) is 0 Å². The lowest BCUT2D eigenvalue weighted by Crippen LogP contribution is -2.31. The Bertz CT molecular complexity index is 3210. The van der Waals surface area contributed by atoms with E-state index in [1.807, 2.05) is 17.8 Å². The molecule has 0 bridgehead atoms. The van der Waals surface area contributed by atoms with E-state index in [9.17, 15) is 0 Å². The predicted molar refractivity (Wildman–Crippen MR) is 240 cm³/mol. The van der Waals surface area contributed by atoms with Gasteiger partial charge < -0.3 is 0 Å². The molecule has 1 aliphatic heterocycles. The van der Waals surface area contributed by atoms with Crippen LogP contribution in [0.1, 0.15) is 22.3 Å². The monoisotopic (exact) mass is 754 g/mol. The average Bonchev–Trinajstić information content (AvgIpc) is 3.59. The molecule has 1 aliphatic carbocycles. The van der Waals surface area contributed by atoms with Crippen molar-refractivity contribution in [3.8, 4) is 56.2 Å². The Morgan fingerprint density at radius 3 is 1.69 bits per heavy atom. The Morgan fingerprint density at radius 2 is 0.897 bits per heavy atom. The van der Waals surface area contributed by atoms with Crippen LogP contribution in [0, 0.1) is 0 Å². The fraction of sp³-hybridized carbons (Fsp3) is 0.0182. The van der Waals surface area contributed by atoms with E-state index >= 15 is 0 Å². The van der Waals surface area contributed by atoms with Crippen LogP contribution < -0.4 is 0 Å². The molecule has 2 heterocycles. The molecule has 58 heavy (non-hydrogen) atoms. The van der Waals surface area contributed by atoms with Crippen LogP contribution in [0.4, 0.5) is 0 Å². The lowest BCUT2D eigenvalue weighted by Gasteiger charge is -2.39. The molecule has 1 aromatic heterocycles. The molecule has 0 saturated carbocycles. The minimum Gasteiger partial charge on any atom is -0.228 e. The average molecular weight is 755 g/mol. The van der Waals surface area contributed by atoms with Gasteiger partial charge in [-0.25, -0.2) is 9.97 Å². The fourth-order valence-corrected chi connectivity index (χ4v) is 10.7. The molecule has 0 N–H and O–H groups in total. The molecule has 0 fully saturated rings. The molecule has 2 aliphatic rings. The second-order valence-electron chi connectivity index (χ2n) is 15.3. The van der Waals surface area contributed by atoms with Gasteiger partial charge >= 0.3 is 0 Å². The minimum atomic E-state index is -0.371. The first kappa shape index (κ1) is 33.1. The lowest BCUT2D eigenvalue weighted by molar-refractivity contribution is 0.722. The zero-order valence-electron chi connectivity index (χ0n) is 31.4. The number of fused-ring (bicyclic) bond motifs is 12. The molecule has 0 saturated heterocycles.